The molecule has 0 spiro atoms. The van der Waals surface area contributed by atoms with Gasteiger partial charge in [0, 0.05) is 38.3 Å². The van der Waals surface area contributed by atoms with Crippen LogP contribution in [0.2, 0.25) is 0 Å². The first kappa shape index (κ1) is 25.0. The molecule has 0 radical (unpaired) electrons. The molecule has 4 rings (SSSR count). The average Bonchev–Trinajstić information content (AvgIpc) is 3.39. The maximum absolute atomic E-state index is 4.90. The molecule has 2 heterocycles. The van der Waals surface area contributed by atoms with Gasteiger partial charge in [-0.15, -0.1) is 34.2 Å². The van der Waals surface area contributed by atoms with Crippen LogP contribution >= 0.6 is 24.0 Å². The predicted molar refractivity (Wildman–Crippen MR) is 140 cm³/mol. The summed E-state index contributed by atoms with van der Waals surface area (Å²) < 4.78 is 2.01. The van der Waals surface area contributed by atoms with E-state index in [1.54, 1.807) is 0 Å². The fourth-order valence-electron chi connectivity index (χ4n) is 4.73. The zero-order valence-electron chi connectivity index (χ0n) is 19.6. The van der Waals surface area contributed by atoms with Crippen LogP contribution in [-0.2, 0) is 20.1 Å². The topological polar surface area (TPSA) is 70.4 Å². The van der Waals surface area contributed by atoms with E-state index >= 15 is 0 Å². The molecule has 2 aromatic rings. The second-order valence-corrected chi connectivity index (χ2v) is 9.18. The van der Waals surface area contributed by atoms with Crippen molar-refractivity contribution in [2.24, 2.45) is 12.0 Å². The van der Waals surface area contributed by atoms with Crippen LogP contribution in [0, 0.1) is 6.92 Å². The summed E-state index contributed by atoms with van der Waals surface area (Å²) in [6.45, 7) is 7.00. The Kier molecular flexibility index (Phi) is 9.34. The second kappa shape index (κ2) is 12.0. The molecular formula is C24H38IN7. The molecule has 0 amide bonds. The van der Waals surface area contributed by atoms with Crippen molar-refractivity contribution in [3.05, 3.63) is 47.5 Å². The number of hydrogen-bond acceptors (Lipinski definition) is 4. The number of aliphatic imine (C=N–C) groups is 1. The van der Waals surface area contributed by atoms with Crippen molar-refractivity contribution in [1.82, 2.24) is 30.3 Å². The van der Waals surface area contributed by atoms with Crippen molar-refractivity contribution < 1.29 is 0 Å². The van der Waals surface area contributed by atoms with Gasteiger partial charge >= 0.3 is 0 Å². The Morgan fingerprint density at radius 2 is 1.78 bits per heavy atom. The molecule has 8 heteroatoms. The number of likely N-dealkylation sites (tertiary alicyclic amines) is 1. The maximum Gasteiger partial charge on any atom is 0.192 e. The quantitative estimate of drug-likeness (QED) is 0.325. The lowest BCUT2D eigenvalue weighted by atomic mass is 9.97. The van der Waals surface area contributed by atoms with Crippen LogP contribution in [-0.4, -0.2) is 50.3 Å². The Hall–Kier alpha value is -1.68. The van der Waals surface area contributed by atoms with Gasteiger partial charge in [0.2, 0.25) is 0 Å². The number of nitrogens with zero attached hydrogens (tertiary/aromatic N) is 5. The van der Waals surface area contributed by atoms with Gasteiger partial charge in [0.15, 0.2) is 11.8 Å². The monoisotopic (exact) mass is 551 g/mol. The van der Waals surface area contributed by atoms with Crippen LogP contribution < -0.4 is 10.6 Å². The number of aryl methyl sites for hydroxylation is 1. The minimum atomic E-state index is 0. The Balaban J connectivity index is 0.00000289. The van der Waals surface area contributed by atoms with Gasteiger partial charge in [0.05, 0.1) is 0 Å². The maximum atomic E-state index is 4.90. The summed E-state index contributed by atoms with van der Waals surface area (Å²) in [6, 6.07) is 12.3. The van der Waals surface area contributed by atoms with E-state index in [1.807, 2.05) is 18.5 Å². The fraction of sp³-hybridized carbons (Fsp3) is 0.625. The molecule has 7 nitrogen and oxygen atoms in total. The van der Waals surface area contributed by atoms with Gasteiger partial charge in [-0.2, -0.15) is 0 Å². The molecule has 1 saturated heterocycles. The third-order valence-corrected chi connectivity index (χ3v) is 6.84. The van der Waals surface area contributed by atoms with Crippen LogP contribution in [0.4, 0.5) is 0 Å². The molecule has 2 aliphatic rings. The van der Waals surface area contributed by atoms with E-state index in [9.17, 15) is 0 Å². The van der Waals surface area contributed by atoms with Crippen LogP contribution in [0.25, 0.3) is 0 Å². The highest BCUT2D eigenvalue weighted by molar-refractivity contribution is 14.0. The molecule has 1 saturated carbocycles. The number of rotatable bonds is 6. The zero-order chi connectivity index (χ0) is 21.6. The standard InChI is InChI=1S/C24H37N7.HI/c1-18-15-22(13-14-31(18)17-20-9-5-4-6-10-20)27-24(26-21-11-7-8-12-21)25-16-23-29-28-19(2)30(23)3;/h4-6,9-10,18,21-22H,7-8,11-17H2,1-3H3,(H2,25,26,27);1H. The lowest BCUT2D eigenvalue weighted by Gasteiger charge is -2.38. The minimum absolute atomic E-state index is 0. The molecule has 2 atom stereocenters. The molecule has 2 fully saturated rings. The van der Waals surface area contributed by atoms with Crippen molar-refractivity contribution >= 4 is 29.9 Å². The summed E-state index contributed by atoms with van der Waals surface area (Å²) in [6.07, 6.45) is 7.34. The van der Waals surface area contributed by atoms with E-state index in [2.05, 4.69) is 63.0 Å². The minimum Gasteiger partial charge on any atom is -0.354 e. The Morgan fingerprint density at radius 1 is 1.06 bits per heavy atom. The fourth-order valence-corrected chi connectivity index (χ4v) is 4.73. The van der Waals surface area contributed by atoms with Crippen molar-refractivity contribution in [2.75, 3.05) is 6.54 Å². The van der Waals surface area contributed by atoms with Gasteiger partial charge in [0.25, 0.3) is 0 Å². The number of piperidine rings is 1. The van der Waals surface area contributed by atoms with Crippen molar-refractivity contribution in [2.45, 2.75) is 83.6 Å². The normalized spacial score (nSPS) is 22.5. The first-order valence-corrected chi connectivity index (χ1v) is 11.8. The molecular weight excluding hydrogens is 513 g/mol. The number of hydrogen-bond donors (Lipinski definition) is 2. The van der Waals surface area contributed by atoms with Gasteiger partial charge in [-0.25, -0.2) is 4.99 Å². The van der Waals surface area contributed by atoms with E-state index in [4.69, 9.17) is 4.99 Å². The second-order valence-electron chi connectivity index (χ2n) is 9.18. The van der Waals surface area contributed by atoms with Crippen LogP contribution in [0.15, 0.2) is 35.3 Å². The summed E-state index contributed by atoms with van der Waals surface area (Å²) in [5, 5.41) is 15.9. The van der Waals surface area contributed by atoms with E-state index in [-0.39, 0.29) is 24.0 Å². The first-order chi connectivity index (χ1) is 15.1. The van der Waals surface area contributed by atoms with E-state index in [0.717, 1.165) is 43.5 Å². The first-order valence-electron chi connectivity index (χ1n) is 11.8. The van der Waals surface area contributed by atoms with Gasteiger partial charge in [0.1, 0.15) is 12.4 Å². The average molecular weight is 552 g/mol. The Labute approximate surface area is 209 Å². The highest BCUT2D eigenvalue weighted by Crippen LogP contribution is 2.21. The molecule has 32 heavy (non-hydrogen) atoms. The van der Waals surface area contributed by atoms with E-state index in [0.29, 0.717) is 24.7 Å². The van der Waals surface area contributed by atoms with Gasteiger partial charge in [-0.3, -0.25) is 4.90 Å². The van der Waals surface area contributed by atoms with Crippen LogP contribution in [0.1, 0.15) is 62.7 Å². The lowest BCUT2D eigenvalue weighted by Crippen LogP contribution is -2.52. The molecule has 2 unspecified atom stereocenters. The number of benzene rings is 1. The molecule has 176 valence electrons. The largest absolute Gasteiger partial charge is 0.354 e. The molecule has 2 N–H and O–H groups in total. The number of nitrogens with one attached hydrogen (secondary N) is 2. The van der Waals surface area contributed by atoms with Crippen molar-refractivity contribution in [3.8, 4) is 0 Å². The van der Waals surface area contributed by atoms with Crippen molar-refractivity contribution in [1.29, 1.82) is 0 Å². The van der Waals surface area contributed by atoms with Crippen LogP contribution in [0.3, 0.4) is 0 Å². The molecule has 0 bridgehead atoms. The van der Waals surface area contributed by atoms with E-state index < -0.39 is 0 Å². The summed E-state index contributed by atoms with van der Waals surface area (Å²) in [7, 11) is 2.00. The molecule has 1 aromatic heterocycles. The number of guanidine groups is 1. The summed E-state index contributed by atoms with van der Waals surface area (Å²) in [5.74, 6) is 2.75. The number of halogens is 1. The van der Waals surface area contributed by atoms with E-state index in [1.165, 1.54) is 31.2 Å². The van der Waals surface area contributed by atoms with Gasteiger partial charge < -0.3 is 15.2 Å². The van der Waals surface area contributed by atoms with Crippen LogP contribution in [0.5, 0.6) is 0 Å². The summed E-state index contributed by atoms with van der Waals surface area (Å²) >= 11 is 0. The Morgan fingerprint density at radius 3 is 2.44 bits per heavy atom. The van der Waals surface area contributed by atoms with Gasteiger partial charge in [-0.05, 0) is 45.1 Å². The molecule has 1 aliphatic carbocycles. The highest BCUT2D eigenvalue weighted by atomic mass is 127. The SMILES string of the molecule is Cc1nnc(CN=C(NC2CCCC2)NC2CCN(Cc3ccccc3)C(C)C2)n1C.I. The van der Waals surface area contributed by atoms with Crippen molar-refractivity contribution in [3.63, 3.8) is 0 Å². The summed E-state index contributed by atoms with van der Waals surface area (Å²) in [5.41, 5.74) is 1.39. The zero-order valence-corrected chi connectivity index (χ0v) is 22.0. The molecule has 1 aromatic carbocycles. The predicted octanol–water partition coefficient (Wildman–Crippen LogP) is 3.77. The lowest BCUT2D eigenvalue weighted by molar-refractivity contribution is 0.134. The third kappa shape index (κ3) is 6.66. The van der Waals surface area contributed by atoms with Gasteiger partial charge in [-0.1, -0.05) is 43.2 Å². The molecule has 1 aliphatic heterocycles. The Bertz CT molecular complexity index is 860. The smallest absolute Gasteiger partial charge is 0.192 e. The number of aromatic nitrogens is 3. The third-order valence-electron chi connectivity index (χ3n) is 6.84. The highest BCUT2D eigenvalue weighted by Gasteiger charge is 2.27. The summed E-state index contributed by atoms with van der Waals surface area (Å²) in [4.78, 5) is 7.49.